The Morgan fingerprint density at radius 2 is 1.27 bits per heavy atom. The molecule has 0 amide bonds. The second-order valence-corrected chi connectivity index (χ2v) is 3.95. The van der Waals surface area contributed by atoms with Crippen molar-refractivity contribution < 1.29 is 10.2 Å². The van der Waals surface area contributed by atoms with Gasteiger partial charge in [-0.3, -0.25) is 0 Å². The Bertz CT molecular complexity index is 380. The number of halogens is 1. The summed E-state index contributed by atoms with van der Waals surface area (Å²) in [4.78, 5) is 0. The summed E-state index contributed by atoms with van der Waals surface area (Å²) in [6, 6.07) is 15.9. The summed E-state index contributed by atoms with van der Waals surface area (Å²) < 4.78 is 0.894. The first-order valence-electron chi connectivity index (χ1n) is 4.37. The molecule has 2 nitrogen and oxygen atoms in total. The van der Waals surface area contributed by atoms with Gasteiger partial charge in [-0.15, -0.1) is 0 Å². The lowest BCUT2D eigenvalue weighted by atomic mass is 10.3. The summed E-state index contributed by atoms with van der Waals surface area (Å²) in [5, 5.41) is 17.5. The van der Waals surface area contributed by atoms with E-state index in [1.165, 1.54) is 0 Å². The molecule has 0 saturated carbocycles. The van der Waals surface area contributed by atoms with Gasteiger partial charge >= 0.3 is 0 Å². The van der Waals surface area contributed by atoms with Crippen molar-refractivity contribution in [3.05, 3.63) is 58.2 Å². The van der Waals surface area contributed by atoms with Crippen LogP contribution in [0.25, 0.3) is 0 Å². The van der Waals surface area contributed by atoms with Crippen LogP contribution in [-0.4, -0.2) is 10.2 Å². The van der Waals surface area contributed by atoms with Crippen LogP contribution in [0.4, 0.5) is 0 Å². The lowest BCUT2D eigenvalue weighted by Gasteiger charge is -1.90. The van der Waals surface area contributed by atoms with E-state index in [-0.39, 0.29) is 0 Å². The van der Waals surface area contributed by atoms with Crippen LogP contribution in [0, 0.1) is 3.57 Å². The first kappa shape index (κ1) is 11.8. The van der Waals surface area contributed by atoms with Crippen molar-refractivity contribution in [2.75, 3.05) is 0 Å². The Hall–Kier alpha value is -1.23. The van der Waals surface area contributed by atoms with Gasteiger partial charge in [0.25, 0.3) is 0 Å². The van der Waals surface area contributed by atoms with Gasteiger partial charge in [-0.2, -0.15) is 0 Å². The van der Waals surface area contributed by atoms with Crippen LogP contribution < -0.4 is 0 Å². The normalized spacial score (nSPS) is 8.87. The monoisotopic (exact) mass is 314 g/mol. The quantitative estimate of drug-likeness (QED) is 0.732. The molecule has 2 rings (SSSR count). The average Bonchev–Trinajstić information content (AvgIpc) is 2.25. The molecule has 0 spiro atoms. The maximum Gasteiger partial charge on any atom is 0.128 e. The molecule has 0 bridgehead atoms. The van der Waals surface area contributed by atoms with Crippen molar-refractivity contribution >= 4 is 22.6 Å². The molecule has 0 atom stereocenters. The van der Waals surface area contributed by atoms with E-state index >= 15 is 0 Å². The molecular formula is C12H11IO2. The van der Waals surface area contributed by atoms with E-state index in [2.05, 4.69) is 22.6 Å². The van der Waals surface area contributed by atoms with Gasteiger partial charge in [0, 0.05) is 0 Å². The van der Waals surface area contributed by atoms with Crippen LogP contribution in [0.15, 0.2) is 54.6 Å². The Morgan fingerprint density at radius 1 is 0.733 bits per heavy atom. The molecule has 2 N–H and O–H groups in total. The third kappa shape index (κ3) is 4.69. The minimum absolute atomic E-state index is 0.322. The highest BCUT2D eigenvalue weighted by atomic mass is 127. The molecule has 15 heavy (non-hydrogen) atoms. The highest BCUT2D eigenvalue weighted by molar-refractivity contribution is 14.1. The van der Waals surface area contributed by atoms with Crippen molar-refractivity contribution in [2.45, 2.75) is 0 Å². The Balaban J connectivity index is 0.000000151. The number of para-hydroxylation sites is 2. The van der Waals surface area contributed by atoms with Gasteiger partial charge in [-0.1, -0.05) is 30.3 Å². The molecule has 0 aliphatic heterocycles. The molecule has 0 unspecified atom stereocenters. The van der Waals surface area contributed by atoms with Crippen LogP contribution in [-0.2, 0) is 0 Å². The fraction of sp³-hybridized carbons (Fsp3) is 0. The van der Waals surface area contributed by atoms with Crippen LogP contribution in [0.3, 0.4) is 0 Å². The van der Waals surface area contributed by atoms with E-state index in [1.54, 1.807) is 36.4 Å². The third-order valence-electron chi connectivity index (χ3n) is 1.61. The minimum atomic E-state index is 0.322. The molecule has 0 aliphatic carbocycles. The lowest BCUT2D eigenvalue weighted by molar-refractivity contribution is 0.471. The van der Waals surface area contributed by atoms with Gasteiger partial charge < -0.3 is 10.2 Å². The maximum absolute atomic E-state index is 8.91. The zero-order valence-corrected chi connectivity index (χ0v) is 10.1. The largest absolute Gasteiger partial charge is 0.508 e. The average molecular weight is 314 g/mol. The Morgan fingerprint density at radius 3 is 1.60 bits per heavy atom. The third-order valence-corrected chi connectivity index (χ3v) is 2.52. The fourth-order valence-corrected chi connectivity index (χ4v) is 1.27. The maximum atomic E-state index is 8.91. The van der Waals surface area contributed by atoms with Gasteiger partial charge in [0.2, 0.25) is 0 Å². The van der Waals surface area contributed by atoms with Crippen molar-refractivity contribution in [1.29, 1.82) is 0 Å². The van der Waals surface area contributed by atoms with Crippen LogP contribution in [0.5, 0.6) is 11.5 Å². The molecule has 3 heteroatoms. The predicted molar refractivity (Wildman–Crippen MR) is 68.9 cm³/mol. The number of hydrogen-bond acceptors (Lipinski definition) is 2. The summed E-state index contributed by atoms with van der Waals surface area (Å²) in [7, 11) is 0. The van der Waals surface area contributed by atoms with Crippen LogP contribution in [0.2, 0.25) is 0 Å². The van der Waals surface area contributed by atoms with Crippen molar-refractivity contribution in [3.63, 3.8) is 0 Å². The lowest BCUT2D eigenvalue weighted by Crippen LogP contribution is -1.67. The molecule has 2 aromatic rings. The van der Waals surface area contributed by atoms with Crippen LogP contribution >= 0.6 is 22.6 Å². The van der Waals surface area contributed by atoms with Gasteiger partial charge in [0.05, 0.1) is 3.57 Å². The topological polar surface area (TPSA) is 40.5 Å². The van der Waals surface area contributed by atoms with Crippen molar-refractivity contribution in [3.8, 4) is 11.5 Å². The van der Waals surface area contributed by atoms with Gasteiger partial charge in [0.15, 0.2) is 0 Å². The van der Waals surface area contributed by atoms with E-state index < -0.39 is 0 Å². The molecule has 0 saturated heterocycles. The zero-order chi connectivity index (χ0) is 11.1. The minimum Gasteiger partial charge on any atom is -0.508 e. The predicted octanol–water partition coefficient (Wildman–Crippen LogP) is 3.39. The first-order valence-corrected chi connectivity index (χ1v) is 5.45. The summed E-state index contributed by atoms with van der Waals surface area (Å²) in [5.41, 5.74) is 0. The van der Waals surface area contributed by atoms with E-state index in [4.69, 9.17) is 10.2 Å². The van der Waals surface area contributed by atoms with Gasteiger partial charge in [0.1, 0.15) is 11.5 Å². The number of benzene rings is 2. The number of phenolic OH excluding ortho intramolecular Hbond substituents is 2. The molecule has 0 aliphatic rings. The molecule has 78 valence electrons. The molecular weight excluding hydrogens is 303 g/mol. The molecule has 0 heterocycles. The smallest absolute Gasteiger partial charge is 0.128 e. The summed E-state index contributed by atoms with van der Waals surface area (Å²) in [5.74, 6) is 0.676. The Kier molecular flexibility index (Phi) is 4.97. The van der Waals surface area contributed by atoms with E-state index in [9.17, 15) is 0 Å². The van der Waals surface area contributed by atoms with Crippen molar-refractivity contribution in [2.24, 2.45) is 0 Å². The Labute approximate surface area is 102 Å². The number of rotatable bonds is 0. The molecule has 0 radical (unpaired) electrons. The molecule has 0 fully saturated rings. The van der Waals surface area contributed by atoms with Gasteiger partial charge in [-0.05, 0) is 46.9 Å². The summed E-state index contributed by atoms with van der Waals surface area (Å²) >= 11 is 2.07. The van der Waals surface area contributed by atoms with Crippen molar-refractivity contribution in [1.82, 2.24) is 0 Å². The first-order chi connectivity index (χ1) is 7.20. The number of aromatic hydroxyl groups is 2. The van der Waals surface area contributed by atoms with Gasteiger partial charge in [-0.25, -0.2) is 0 Å². The number of hydrogen-bond donors (Lipinski definition) is 2. The van der Waals surface area contributed by atoms with Crippen LogP contribution in [0.1, 0.15) is 0 Å². The SMILES string of the molecule is Oc1ccccc1.Oc1ccccc1I. The second kappa shape index (κ2) is 6.29. The summed E-state index contributed by atoms with van der Waals surface area (Å²) in [6.45, 7) is 0. The second-order valence-electron chi connectivity index (χ2n) is 2.79. The highest BCUT2D eigenvalue weighted by Crippen LogP contribution is 2.16. The zero-order valence-electron chi connectivity index (χ0n) is 7.97. The van der Waals surface area contributed by atoms with E-state index in [1.807, 2.05) is 18.2 Å². The fourth-order valence-electron chi connectivity index (χ4n) is 0.880. The summed E-state index contributed by atoms with van der Waals surface area (Å²) in [6.07, 6.45) is 0. The standard InChI is InChI=1S/C6H5IO.C6H6O/c7-5-3-1-2-4-6(5)8;7-6-4-2-1-3-5-6/h1-4,8H;1-5,7H. The highest BCUT2D eigenvalue weighted by Gasteiger charge is 1.89. The molecule has 0 aromatic heterocycles. The van der Waals surface area contributed by atoms with E-state index in [0.29, 0.717) is 11.5 Å². The molecule has 2 aromatic carbocycles. The van der Waals surface area contributed by atoms with E-state index in [0.717, 1.165) is 3.57 Å². The number of phenols is 2.